The zero-order valence-corrected chi connectivity index (χ0v) is 16.9. The van der Waals surface area contributed by atoms with E-state index >= 15 is 0 Å². The van der Waals surface area contributed by atoms with Crippen molar-refractivity contribution in [2.75, 3.05) is 6.61 Å². The van der Waals surface area contributed by atoms with Gasteiger partial charge in [-0.3, -0.25) is 4.79 Å². The molecule has 0 radical (unpaired) electrons. The van der Waals surface area contributed by atoms with Gasteiger partial charge in [-0.2, -0.15) is 0 Å². The molecule has 0 saturated heterocycles. The number of Topliss-reactive ketones (excluding diaryl/α,β-unsaturated/α-hetero) is 1. The molecule has 0 aromatic carbocycles. The number of carbonyl (C=O) groups is 2. The Labute approximate surface area is 160 Å². The van der Waals surface area contributed by atoms with Crippen molar-refractivity contribution in [3.8, 4) is 0 Å². The Bertz CT molecular complexity index is 696. The van der Waals surface area contributed by atoms with Crippen molar-refractivity contribution in [1.29, 1.82) is 0 Å². The summed E-state index contributed by atoms with van der Waals surface area (Å²) in [6.45, 7) is 12.3. The highest BCUT2D eigenvalue weighted by atomic mass is 35.5. The van der Waals surface area contributed by atoms with E-state index in [1.807, 2.05) is 13.8 Å². The van der Waals surface area contributed by atoms with Gasteiger partial charge in [0.15, 0.2) is 5.78 Å². The number of aliphatic hydroxyl groups is 1. The van der Waals surface area contributed by atoms with Gasteiger partial charge in [-0.05, 0) is 43.4 Å². The van der Waals surface area contributed by atoms with Gasteiger partial charge in [-0.25, -0.2) is 4.79 Å². The van der Waals surface area contributed by atoms with Crippen LogP contribution in [0.2, 0.25) is 0 Å². The van der Waals surface area contributed by atoms with Crippen LogP contribution in [0.5, 0.6) is 0 Å². The molecule has 4 nitrogen and oxygen atoms in total. The fourth-order valence-corrected chi connectivity index (χ4v) is 5.72. The summed E-state index contributed by atoms with van der Waals surface area (Å²) < 4.78 is 5.18. The van der Waals surface area contributed by atoms with E-state index < -0.39 is 28.3 Å². The molecule has 2 aliphatic carbocycles. The molecule has 0 aromatic rings. The second-order valence-corrected chi connectivity index (χ2v) is 9.46. The average molecular weight is 381 g/mol. The lowest BCUT2D eigenvalue weighted by atomic mass is 9.48. The summed E-state index contributed by atoms with van der Waals surface area (Å²) in [6.07, 6.45) is 1.69. The summed E-state index contributed by atoms with van der Waals surface area (Å²) >= 11 is 6.73. The van der Waals surface area contributed by atoms with Crippen molar-refractivity contribution >= 4 is 23.4 Å². The van der Waals surface area contributed by atoms with Gasteiger partial charge in [0.05, 0.1) is 17.1 Å². The Morgan fingerprint density at radius 1 is 1.42 bits per heavy atom. The van der Waals surface area contributed by atoms with Crippen LogP contribution >= 0.6 is 11.6 Å². The number of aliphatic hydroxyl groups excluding tert-OH is 1. The maximum absolute atomic E-state index is 12.7. The number of halogens is 1. The van der Waals surface area contributed by atoms with Gasteiger partial charge in [-0.15, -0.1) is 11.6 Å². The van der Waals surface area contributed by atoms with E-state index in [1.54, 1.807) is 0 Å². The fourth-order valence-electron chi connectivity index (χ4n) is 5.37. The standard InChI is InChI=1S/C21H29ClO4/c1-11(2)12(3)6-7-20(4)16-8-14(23)13-10-26-19(25)17(13)21(16,5)9-15(24)18(20)22/h12,15-16,18,24H,1,6-10H2,2-5H3/t12-,15-,16+,18-,20+,21+/m0/s1. The number of ether oxygens (including phenoxy) is 1. The number of fused-ring (bicyclic) bond motifs is 2. The second-order valence-electron chi connectivity index (χ2n) is 8.99. The molecular weight excluding hydrogens is 352 g/mol. The monoisotopic (exact) mass is 380 g/mol. The molecule has 1 saturated carbocycles. The van der Waals surface area contributed by atoms with Gasteiger partial charge < -0.3 is 9.84 Å². The number of cyclic esters (lactones) is 1. The predicted octanol–water partition coefficient (Wildman–Crippen LogP) is 3.81. The highest BCUT2D eigenvalue weighted by Gasteiger charge is 2.62. The third-order valence-electron chi connectivity index (χ3n) is 7.27. The van der Waals surface area contributed by atoms with Crippen LogP contribution in [0.3, 0.4) is 0 Å². The third-order valence-corrected chi connectivity index (χ3v) is 8.06. The van der Waals surface area contributed by atoms with E-state index in [4.69, 9.17) is 16.3 Å². The molecule has 26 heavy (non-hydrogen) atoms. The highest BCUT2D eigenvalue weighted by molar-refractivity contribution is 6.21. The molecule has 0 bridgehead atoms. The lowest BCUT2D eigenvalue weighted by molar-refractivity contribution is -0.140. The number of hydrogen-bond donors (Lipinski definition) is 1. The first-order valence-corrected chi connectivity index (χ1v) is 9.87. The molecule has 1 aliphatic heterocycles. The molecule has 0 spiro atoms. The van der Waals surface area contributed by atoms with Crippen molar-refractivity contribution in [2.24, 2.45) is 22.7 Å². The first-order valence-electron chi connectivity index (χ1n) is 9.44. The summed E-state index contributed by atoms with van der Waals surface area (Å²) in [6, 6.07) is 0. The SMILES string of the molecule is C=C(C)[C@@H](C)CC[C@]1(C)[C@H]2CC(=O)C3=C(C(=O)OC3)[C@]2(C)C[C@H](O)[C@@H]1Cl. The molecule has 6 atom stereocenters. The molecule has 1 N–H and O–H groups in total. The summed E-state index contributed by atoms with van der Waals surface area (Å²) in [5.74, 6) is -0.159. The van der Waals surface area contributed by atoms with E-state index in [9.17, 15) is 14.7 Å². The largest absolute Gasteiger partial charge is 0.457 e. The van der Waals surface area contributed by atoms with Crippen molar-refractivity contribution in [3.05, 3.63) is 23.3 Å². The first kappa shape index (κ1) is 19.6. The Balaban J connectivity index is 2.02. The Kier molecular flexibility index (Phi) is 4.90. The van der Waals surface area contributed by atoms with Gasteiger partial charge in [0.1, 0.15) is 6.61 Å². The molecule has 1 fully saturated rings. The molecule has 3 rings (SSSR count). The van der Waals surface area contributed by atoms with Crippen molar-refractivity contribution in [3.63, 3.8) is 0 Å². The van der Waals surface area contributed by atoms with Crippen LogP contribution in [-0.4, -0.2) is 34.9 Å². The molecule has 144 valence electrons. The maximum atomic E-state index is 12.7. The molecule has 5 heteroatoms. The fraction of sp³-hybridized carbons (Fsp3) is 0.714. The third kappa shape index (κ3) is 2.77. The normalized spacial score (nSPS) is 40.8. The van der Waals surface area contributed by atoms with E-state index in [-0.39, 0.29) is 18.3 Å². The minimum atomic E-state index is -0.724. The highest BCUT2D eigenvalue weighted by Crippen LogP contribution is 2.62. The zero-order chi connectivity index (χ0) is 19.4. The van der Waals surface area contributed by atoms with Gasteiger partial charge >= 0.3 is 5.97 Å². The lowest BCUT2D eigenvalue weighted by Crippen LogP contribution is -2.58. The number of ketones is 1. The van der Waals surface area contributed by atoms with E-state index in [0.717, 1.165) is 18.4 Å². The molecule has 0 aromatic heterocycles. The number of esters is 1. The van der Waals surface area contributed by atoms with Gasteiger partial charge in [-0.1, -0.05) is 32.9 Å². The average Bonchev–Trinajstić information content (AvgIpc) is 2.97. The van der Waals surface area contributed by atoms with Crippen LogP contribution in [0.1, 0.15) is 53.4 Å². The summed E-state index contributed by atoms with van der Waals surface area (Å²) in [4.78, 5) is 25.1. The Morgan fingerprint density at radius 3 is 2.69 bits per heavy atom. The molecule has 1 heterocycles. The first-order chi connectivity index (χ1) is 12.0. The molecule has 3 aliphatic rings. The van der Waals surface area contributed by atoms with Gasteiger partial charge in [0.2, 0.25) is 0 Å². The van der Waals surface area contributed by atoms with Gasteiger partial charge in [0, 0.05) is 17.4 Å². The Hall–Kier alpha value is -1.13. The predicted molar refractivity (Wildman–Crippen MR) is 101 cm³/mol. The maximum Gasteiger partial charge on any atom is 0.335 e. The van der Waals surface area contributed by atoms with Crippen LogP contribution < -0.4 is 0 Å². The van der Waals surface area contributed by atoms with Crippen molar-refractivity contribution in [1.82, 2.24) is 0 Å². The van der Waals surface area contributed by atoms with Gasteiger partial charge in [0.25, 0.3) is 0 Å². The number of alkyl halides is 1. The molecular formula is C21H29ClO4. The number of carbonyl (C=O) groups excluding carboxylic acids is 2. The number of rotatable bonds is 4. The van der Waals surface area contributed by atoms with Crippen LogP contribution in [-0.2, 0) is 14.3 Å². The Morgan fingerprint density at radius 2 is 2.08 bits per heavy atom. The van der Waals surface area contributed by atoms with Crippen molar-refractivity contribution < 1.29 is 19.4 Å². The van der Waals surface area contributed by atoms with E-state index in [1.165, 1.54) is 0 Å². The van der Waals surface area contributed by atoms with Crippen LogP contribution in [0.15, 0.2) is 23.3 Å². The lowest BCUT2D eigenvalue weighted by Gasteiger charge is -2.58. The summed E-state index contributed by atoms with van der Waals surface area (Å²) in [5.41, 5.74) is 1.08. The minimum absolute atomic E-state index is 0.00671. The smallest absolute Gasteiger partial charge is 0.335 e. The summed E-state index contributed by atoms with van der Waals surface area (Å²) in [7, 11) is 0. The minimum Gasteiger partial charge on any atom is -0.457 e. The topological polar surface area (TPSA) is 63.6 Å². The second kappa shape index (κ2) is 6.49. The van der Waals surface area contributed by atoms with Crippen molar-refractivity contribution in [2.45, 2.75) is 64.9 Å². The van der Waals surface area contributed by atoms with Crippen LogP contribution in [0.4, 0.5) is 0 Å². The molecule has 0 amide bonds. The quantitative estimate of drug-likeness (QED) is 0.457. The van der Waals surface area contributed by atoms with E-state index in [0.29, 0.717) is 29.9 Å². The summed E-state index contributed by atoms with van der Waals surface area (Å²) in [5, 5.41) is 10.3. The van der Waals surface area contributed by atoms with E-state index in [2.05, 4.69) is 20.4 Å². The molecule has 0 unspecified atom stereocenters. The number of allylic oxidation sites excluding steroid dienone is 1. The zero-order valence-electron chi connectivity index (χ0n) is 16.1. The van der Waals surface area contributed by atoms with Crippen LogP contribution in [0, 0.1) is 22.7 Å². The van der Waals surface area contributed by atoms with Crippen LogP contribution in [0.25, 0.3) is 0 Å². The number of hydrogen-bond acceptors (Lipinski definition) is 4.